The first-order chi connectivity index (χ1) is 8.88. The number of aromatic nitrogens is 2. The zero-order valence-electron chi connectivity index (χ0n) is 11.6. The Kier molecular flexibility index (Phi) is 4.27. The number of hydrogen-bond donors (Lipinski definition) is 2. The third-order valence-electron chi connectivity index (χ3n) is 3.52. The van der Waals surface area contributed by atoms with Gasteiger partial charge in [0, 0.05) is 30.9 Å². The average molecular weight is 286 g/mol. The van der Waals surface area contributed by atoms with Crippen LogP contribution < -0.4 is 4.72 Å². The Morgan fingerprint density at radius 3 is 2.58 bits per heavy atom. The van der Waals surface area contributed by atoms with Gasteiger partial charge in [0.2, 0.25) is 0 Å². The predicted octanol–water partition coefficient (Wildman–Crippen LogP) is 1.28. The van der Waals surface area contributed by atoms with Gasteiger partial charge in [-0.15, -0.1) is 0 Å². The lowest BCUT2D eigenvalue weighted by molar-refractivity contribution is 0.220. The molecule has 6 nitrogen and oxygen atoms in total. The Morgan fingerprint density at radius 2 is 2.05 bits per heavy atom. The molecule has 0 spiro atoms. The van der Waals surface area contributed by atoms with E-state index in [0.29, 0.717) is 24.9 Å². The predicted molar refractivity (Wildman–Crippen MR) is 73.6 cm³/mol. The molecule has 1 aromatic heterocycles. The van der Waals surface area contributed by atoms with Crippen LogP contribution in [0.15, 0.2) is 12.4 Å². The van der Waals surface area contributed by atoms with E-state index in [4.69, 9.17) is 0 Å². The van der Waals surface area contributed by atoms with E-state index in [-0.39, 0.29) is 6.04 Å². The Morgan fingerprint density at radius 1 is 1.42 bits per heavy atom. The molecule has 2 heterocycles. The molecule has 0 bridgehead atoms. The second-order valence-electron chi connectivity index (χ2n) is 5.64. The van der Waals surface area contributed by atoms with Crippen LogP contribution in [0.2, 0.25) is 0 Å². The van der Waals surface area contributed by atoms with Gasteiger partial charge in [0.15, 0.2) is 0 Å². The molecule has 0 aliphatic carbocycles. The number of hydrogen-bond acceptors (Lipinski definition) is 3. The second-order valence-corrected chi connectivity index (χ2v) is 7.34. The van der Waals surface area contributed by atoms with E-state index in [1.54, 1.807) is 16.7 Å². The lowest BCUT2D eigenvalue weighted by Crippen LogP contribution is -2.48. The molecule has 7 heteroatoms. The van der Waals surface area contributed by atoms with Crippen molar-refractivity contribution < 1.29 is 8.42 Å². The monoisotopic (exact) mass is 286 g/mol. The minimum atomic E-state index is -3.43. The van der Waals surface area contributed by atoms with Crippen LogP contribution in [-0.4, -0.2) is 36.0 Å². The number of aromatic amines is 1. The molecule has 2 N–H and O–H groups in total. The molecule has 3 atom stereocenters. The second kappa shape index (κ2) is 5.60. The Labute approximate surface area is 114 Å². The van der Waals surface area contributed by atoms with Crippen molar-refractivity contribution >= 4 is 10.2 Å². The lowest BCUT2D eigenvalue weighted by atomic mass is 9.94. The zero-order valence-corrected chi connectivity index (χ0v) is 12.4. The maximum absolute atomic E-state index is 12.4. The van der Waals surface area contributed by atoms with Gasteiger partial charge in [0.1, 0.15) is 0 Å². The summed E-state index contributed by atoms with van der Waals surface area (Å²) in [5.74, 6) is 0.814. The number of piperidine rings is 1. The molecule has 1 saturated heterocycles. The standard InChI is InChI=1S/C12H22N4O2S/c1-9-4-10(2)8-16(7-9)19(17,18)15-11(3)12-5-13-14-6-12/h5-6,9-11,15H,4,7-8H2,1-3H3,(H,13,14). The normalized spacial score (nSPS) is 27.3. The van der Waals surface area contributed by atoms with Crippen LogP contribution in [0.3, 0.4) is 0 Å². The van der Waals surface area contributed by atoms with Gasteiger partial charge >= 0.3 is 0 Å². The largest absolute Gasteiger partial charge is 0.285 e. The number of nitrogens with zero attached hydrogens (tertiary/aromatic N) is 2. The minimum absolute atomic E-state index is 0.281. The first-order valence-corrected chi connectivity index (χ1v) is 8.08. The molecule has 3 unspecified atom stereocenters. The summed E-state index contributed by atoms with van der Waals surface area (Å²) in [6, 6.07) is -0.281. The highest BCUT2D eigenvalue weighted by molar-refractivity contribution is 7.87. The third-order valence-corrected chi connectivity index (χ3v) is 5.15. The van der Waals surface area contributed by atoms with Gasteiger partial charge in [-0.3, -0.25) is 5.10 Å². The summed E-state index contributed by atoms with van der Waals surface area (Å²) >= 11 is 0. The molecule has 0 aromatic carbocycles. The summed E-state index contributed by atoms with van der Waals surface area (Å²) in [7, 11) is -3.43. The first kappa shape index (κ1) is 14.5. The Balaban J connectivity index is 2.05. The maximum Gasteiger partial charge on any atom is 0.280 e. The first-order valence-electron chi connectivity index (χ1n) is 6.64. The molecule has 1 fully saturated rings. The van der Waals surface area contributed by atoms with Crippen molar-refractivity contribution in [3.63, 3.8) is 0 Å². The van der Waals surface area contributed by atoms with Gasteiger partial charge in [0.05, 0.1) is 6.20 Å². The summed E-state index contributed by atoms with van der Waals surface area (Å²) in [4.78, 5) is 0. The van der Waals surface area contributed by atoms with Crippen molar-refractivity contribution in [1.82, 2.24) is 19.2 Å². The smallest absolute Gasteiger partial charge is 0.280 e. The fraction of sp³-hybridized carbons (Fsp3) is 0.750. The van der Waals surface area contributed by atoms with E-state index in [1.807, 2.05) is 6.92 Å². The summed E-state index contributed by atoms with van der Waals surface area (Å²) in [6.07, 6.45) is 4.42. The van der Waals surface area contributed by atoms with E-state index in [0.717, 1.165) is 12.0 Å². The molecule has 108 valence electrons. The van der Waals surface area contributed by atoms with Crippen molar-refractivity contribution in [1.29, 1.82) is 0 Å². The van der Waals surface area contributed by atoms with Crippen molar-refractivity contribution in [2.75, 3.05) is 13.1 Å². The molecule has 1 aliphatic rings. The zero-order chi connectivity index (χ0) is 14.0. The molecule has 0 radical (unpaired) electrons. The molecule has 1 aliphatic heterocycles. The summed E-state index contributed by atoms with van der Waals surface area (Å²) in [5.41, 5.74) is 0.835. The van der Waals surface area contributed by atoms with Gasteiger partial charge in [-0.2, -0.15) is 22.5 Å². The van der Waals surface area contributed by atoms with Gasteiger partial charge < -0.3 is 0 Å². The highest BCUT2D eigenvalue weighted by Crippen LogP contribution is 2.23. The summed E-state index contributed by atoms with van der Waals surface area (Å²) in [6.45, 7) is 7.20. The fourth-order valence-electron chi connectivity index (χ4n) is 2.67. The van der Waals surface area contributed by atoms with Crippen LogP contribution in [-0.2, 0) is 10.2 Å². The van der Waals surface area contributed by atoms with Crippen molar-refractivity contribution in [2.24, 2.45) is 11.8 Å². The average Bonchev–Trinajstić information content (AvgIpc) is 2.80. The third kappa shape index (κ3) is 3.55. The van der Waals surface area contributed by atoms with E-state index >= 15 is 0 Å². The highest BCUT2D eigenvalue weighted by Gasteiger charge is 2.31. The molecule has 1 aromatic rings. The topological polar surface area (TPSA) is 78.1 Å². The van der Waals surface area contributed by atoms with Crippen LogP contribution in [0.25, 0.3) is 0 Å². The van der Waals surface area contributed by atoms with Crippen LogP contribution in [0, 0.1) is 11.8 Å². The van der Waals surface area contributed by atoms with Crippen LogP contribution in [0.5, 0.6) is 0 Å². The van der Waals surface area contributed by atoms with Crippen molar-refractivity contribution in [2.45, 2.75) is 33.2 Å². The number of nitrogens with one attached hydrogen (secondary N) is 2. The Hall–Kier alpha value is -0.920. The lowest BCUT2D eigenvalue weighted by Gasteiger charge is -2.34. The van der Waals surface area contributed by atoms with Gasteiger partial charge in [-0.1, -0.05) is 13.8 Å². The molecule has 19 heavy (non-hydrogen) atoms. The van der Waals surface area contributed by atoms with Crippen LogP contribution in [0.4, 0.5) is 0 Å². The van der Waals surface area contributed by atoms with Crippen LogP contribution in [0.1, 0.15) is 38.8 Å². The van der Waals surface area contributed by atoms with Gasteiger partial charge in [-0.25, -0.2) is 0 Å². The molecule has 2 rings (SSSR count). The van der Waals surface area contributed by atoms with Crippen molar-refractivity contribution in [3.8, 4) is 0 Å². The minimum Gasteiger partial charge on any atom is -0.285 e. The van der Waals surface area contributed by atoms with E-state index in [9.17, 15) is 8.42 Å². The van der Waals surface area contributed by atoms with E-state index in [1.165, 1.54) is 0 Å². The molecular weight excluding hydrogens is 264 g/mol. The van der Waals surface area contributed by atoms with E-state index in [2.05, 4.69) is 28.8 Å². The molecule has 0 amide bonds. The molecule has 0 saturated carbocycles. The van der Waals surface area contributed by atoms with E-state index < -0.39 is 10.2 Å². The van der Waals surface area contributed by atoms with Crippen LogP contribution >= 0.6 is 0 Å². The number of rotatable bonds is 4. The highest BCUT2D eigenvalue weighted by atomic mass is 32.2. The maximum atomic E-state index is 12.4. The molecular formula is C12H22N4O2S. The fourth-order valence-corrected chi connectivity index (χ4v) is 4.30. The SMILES string of the molecule is CC1CC(C)CN(S(=O)(=O)NC(C)c2cn[nH]c2)C1. The Bertz CT molecular complexity index is 490. The summed E-state index contributed by atoms with van der Waals surface area (Å²) < 4.78 is 29.0. The summed E-state index contributed by atoms with van der Waals surface area (Å²) in [5, 5.41) is 6.53. The van der Waals surface area contributed by atoms with Gasteiger partial charge in [0.25, 0.3) is 10.2 Å². The quantitative estimate of drug-likeness (QED) is 0.875. The van der Waals surface area contributed by atoms with Crippen molar-refractivity contribution in [3.05, 3.63) is 18.0 Å². The number of H-pyrrole nitrogens is 1. The van der Waals surface area contributed by atoms with Gasteiger partial charge in [-0.05, 0) is 25.2 Å².